The van der Waals surface area contributed by atoms with Crippen LogP contribution in [0.3, 0.4) is 0 Å². The van der Waals surface area contributed by atoms with Crippen LogP contribution in [0.1, 0.15) is 6.92 Å². The second-order valence-electron chi connectivity index (χ2n) is 3.03. The Labute approximate surface area is 86.8 Å². The molecule has 1 aromatic rings. The van der Waals surface area contributed by atoms with Gasteiger partial charge >= 0.3 is 5.97 Å². The van der Waals surface area contributed by atoms with Crippen molar-refractivity contribution in [1.29, 1.82) is 0 Å². The van der Waals surface area contributed by atoms with E-state index in [1.165, 1.54) is 17.8 Å². The summed E-state index contributed by atoms with van der Waals surface area (Å²) in [5.41, 5.74) is 0. The van der Waals surface area contributed by atoms with E-state index >= 15 is 0 Å². The number of aliphatic carboxylic acids is 1. The Morgan fingerprint density at radius 2 is 2.27 bits per heavy atom. The summed E-state index contributed by atoms with van der Waals surface area (Å²) in [5.74, 6) is -1.23. The molecule has 1 rings (SSSR count). The summed E-state index contributed by atoms with van der Waals surface area (Å²) in [6.07, 6.45) is 2.44. The van der Waals surface area contributed by atoms with Gasteiger partial charge in [0.05, 0.1) is 6.20 Å². The van der Waals surface area contributed by atoms with Crippen molar-refractivity contribution in [3.8, 4) is 0 Å². The Kier molecular flexibility index (Phi) is 3.10. The molecule has 0 bridgehead atoms. The number of carboxylic acid groups (broad SMARTS) is 1. The highest BCUT2D eigenvalue weighted by Crippen LogP contribution is 2.06. The minimum atomic E-state index is -3.80. The van der Waals surface area contributed by atoms with Crippen LogP contribution in [0.15, 0.2) is 17.3 Å². The number of aromatic nitrogens is 2. The molecule has 0 aliphatic rings. The van der Waals surface area contributed by atoms with Crippen molar-refractivity contribution in [2.24, 2.45) is 7.05 Å². The lowest BCUT2D eigenvalue weighted by Gasteiger charge is -2.07. The van der Waals surface area contributed by atoms with Crippen molar-refractivity contribution in [2.45, 2.75) is 17.9 Å². The van der Waals surface area contributed by atoms with E-state index in [-0.39, 0.29) is 4.90 Å². The maximum absolute atomic E-state index is 11.5. The number of aryl methyl sites for hydroxylation is 1. The molecule has 0 saturated carbocycles. The molecule has 15 heavy (non-hydrogen) atoms. The average molecular weight is 233 g/mol. The molecular weight excluding hydrogens is 222 g/mol. The molecule has 8 heteroatoms. The minimum absolute atomic E-state index is 0.0573. The van der Waals surface area contributed by atoms with E-state index in [0.29, 0.717) is 0 Å². The zero-order valence-electron chi connectivity index (χ0n) is 8.21. The van der Waals surface area contributed by atoms with Gasteiger partial charge in [0.15, 0.2) is 0 Å². The van der Waals surface area contributed by atoms with Crippen LogP contribution < -0.4 is 4.72 Å². The zero-order chi connectivity index (χ0) is 11.6. The number of hydrogen-bond donors (Lipinski definition) is 2. The number of nitrogens with one attached hydrogen (secondary N) is 1. The lowest BCUT2D eigenvalue weighted by atomic mass is 10.4. The van der Waals surface area contributed by atoms with Gasteiger partial charge in [-0.1, -0.05) is 0 Å². The van der Waals surface area contributed by atoms with Crippen molar-refractivity contribution >= 4 is 16.0 Å². The highest BCUT2D eigenvalue weighted by molar-refractivity contribution is 7.89. The number of rotatable bonds is 4. The van der Waals surface area contributed by atoms with Crippen LogP contribution in [0.4, 0.5) is 0 Å². The number of nitrogens with zero attached hydrogens (tertiary/aromatic N) is 2. The van der Waals surface area contributed by atoms with Crippen molar-refractivity contribution in [1.82, 2.24) is 14.5 Å². The fourth-order valence-electron chi connectivity index (χ4n) is 0.889. The van der Waals surface area contributed by atoms with Crippen LogP contribution in [-0.4, -0.2) is 35.3 Å². The monoisotopic (exact) mass is 233 g/mol. The molecule has 84 valence electrons. The molecule has 0 fully saturated rings. The maximum atomic E-state index is 11.5. The number of carboxylic acids is 1. The molecule has 1 heterocycles. The molecule has 0 saturated heterocycles. The first kappa shape index (κ1) is 11.7. The number of carbonyl (C=O) groups is 1. The molecule has 0 amide bonds. The van der Waals surface area contributed by atoms with Gasteiger partial charge in [0.25, 0.3) is 0 Å². The SMILES string of the molecule is C[C@@H](NS(=O)(=O)c1cnn(C)c1)C(=O)O. The normalized spacial score (nSPS) is 13.7. The molecule has 1 aromatic heterocycles. The van der Waals surface area contributed by atoms with E-state index in [0.717, 1.165) is 6.20 Å². The molecule has 1 atom stereocenters. The minimum Gasteiger partial charge on any atom is -0.480 e. The van der Waals surface area contributed by atoms with Crippen LogP contribution in [0.25, 0.3) is 0 Å². The fourth-order valence-corrected chi connectivity index (χ4v) is 2.07. The smallest absolute Gasteiger partial charge is 0.321 e. The number of sulfonamides is 1. The molecule has 0 radical (unpaired) electrons. The first-order valence-electron chi connectivity index (χ1n) is 4.06. The molecule has 7 nitrogen and oxygen atoms in total. The Hall–Kier alpha value is -1.41. The topological polar surface area (TPSA) is 101 Å². The first-order chi connectivity index (χ1) is 6.83. The van der Waals surface area contributed by atoms with Crippen LogP contribution >= 0.6 is 0 Å². The van der Waals surface area contributed by atoms with Gasteiger partial charge in [-0.3, -0.25) is 9.48 Å². The van der Waals surface area contributed by atoms with Gasteiger partial charge < -0.3 is 5.11 Å². The Bertz CT molecular complexity index is 464. The van der Waals surface area contributed by atoms with E-state index in [4.69, 9.17) is 5.11 Å². The number of hydrogen-bond acceptors (Lipinski definition) is 4. The van der Waals surface area contributed by atoms with Crippen LogP contribution in [0, 0.1) is 0 Å². The summed E-state index contributed by atoms with van der Waals surface area (Å²) in [7, 11) is -2.23. The van der Waals surface area contributed by atoms with Gasteiger partial charge in [0, 0.05) is 13.2 Å². The fraction of sp³-hybridized carbons (Fsp3) is 0.429. The summed E-state index contributed by atoms with van der Waals surface area (Å²) in [5, 5.41) is 12.2. The van der Waals surface area contributed by atoms with Gasteiger partial charge in [-0.05, 0) is 6.92 Å². The lowest BCUT2D eigenvalue weighted by molar-refractivity contribution is -0.138. The van der Waals surface area contributed by atoms with Crippen LogP contribution in [-0.2, 0) is 21.9 Å². The van der Waals surface area contributed by atoms with E-state index in [1.807, 2.05) is 4.72 Å². The van der Waals surface area contributed by atoms with Gasteiger partial charge in [-0.2, -0.15) is 9.82 Å². The Balaban J connectivity index is 2.90. The third-order valence-electron chi connectivity index (χ3n) is 1.69. The van der Waals surface area contributed by atoms with Crippen molar-refractivity contribution < 1.29 is 18.3 Å². The highest BCUT2D eigenvalue weighted by Gasteiger charge is 2.22. The summed E-state index contributed by atoms with van der Waals surface area (Å²) >= 11 is 0. The predicted molar refractivity (Wildman–Crippen MR) is 50.6 cm³/mol. The van der Waals surface area contributed by atoms with Gasteiger partial charge in [0.2, 0.25) is 10.0 Å². The molecule has 2 N–H and O–H groups in total. The van der Waals surface area contributed by atoms with E-state index in [9.17, 15) is 13.2 Å². The van der Waals surface area contributed by atoms with Crippen LogP contribution in [0.2, 0.25) is 0 Å². The quantitative estimate of drug-likeness (QED) is 0.707. The maximum Gasteiger partial charge on any atom is 0.321 e. The molecular formula is C7H11N3O4S. The Morgan fingerprint density at radius 3 is 2.67 bits per heavy atom. The largest absolute Gasteiger partial charge is 0.480 e. The first-order valence-corrected chi connectivity index (χ1v) is 5.55. The summed E-state index contributed by atoms with van der Waals surface area (Å²) in [6, 6.07) is -1.17. The highest BCUT2D eigenvalue weighted by atomic mass is 32.2. The van der Waals surface area contributed by atoms with E-state index < -0.39 is 22.0 Å². The van der Waals surface area contributed by atoms with Crippen LogP contribution in [0.5, 0.6) is 0 Å². The molecule has 0 spiro atoms. The summed E-state index contributed by atoms with van der Waals surface area (Å²) in [4.78, 5) is 10.4. The van der Waals surface area contributed by atoms with Crippen molar-refractivity contribution in [2.75, 3.05) is 0 Å². The molecule has 0 aliphatic carbocycles. The standard InChI is InChI=1S/C7H11N3O4S/c1-5(7(11)12)9-15(13,14)6-3-8-10(2)4-6/h3-5,9H,1-2H3,(H,11,12)/t5-/m1/s1. The Morgan fingerprint density at radius 1 is 1.67 bits per heavy atom. The van der Waals surface area contributed by atoms with Gasteiger partial charge in [-0.15, -0.1) is 0 Å². The van der Waals surface area contributed by atoms with Crippen molar-refractivity contribution in [3.05, 3.63) is 12.4 Å². The third-order valence-corrected chi connectivity index (χ3v) is 3.19. The van der Waals surface area contributed by atoms with Crippen molar-refractivity contribution in [3.63, 3.8) is 0 Å². The average Bonchev–Trinajstić information content (AvgIpc) is 2.51. The molecule has 0 aliphatic heterocycles. The van der Waals surface area contributed by atoms with Gasteiger partial charge in [-0.25, -0.2) is 8.42 Å². The zero-order valence-corrected chi connectivity index (χ0v) is 9.02. The lowest BCUT2D eigenvalue weighted by Crippen LogP contribution is -2.38. The second kappa shape index (κ2) is 3.99. The predicted octanol–water partition coefficient (Wildman–Crippen LogP) is -0.828. The van der Waals surface area contributed by atoms with Gasteiger partial charge in [0.1, 0.15) is 10.9 Å². The molecule has 0 aromatic carbocycles. The third kappa shape index (κ3) is 2.77. The van der Waals surface area contributed by atoms with E-state index in [1.54, 1.807) is 7.05 Å². The summed E-state index contributed by atoms with van der Waals surface area (Å²) in [6.45, 7) is 1.25. The summed E-state index contributed by atoms with van der Waals surface area (Å²) < 4.78 is 26.4. The van der Waals surface area contributed by atoms with E-state index in [2.05, 4.69) is 5.10 Å². The molecule has 0 unspecified atom stereocenters. The second-order valence-corrected chi connectivity index (χ2v) is 4.74.